The minimum Gasteiger partial charge on any atom is -0.508 e. The fraction of sp³-hybridized carbons (Fsp3) is 0.414. The van der Waals surface area contributed by atoms with Gasteiger partial charge in [0.05, 0.1) is 4.99 Å². The molecule has 1 heterocycles. The lowest BCUT2D eigenvalue weighted by Crippen LogP contribution is -2.20. The molecule has 5 heteroatoms. The van der Waals surface area contributed by atoms with Crippen LogP contribution in [0.3, 0.4) is 0 Å². The summed E-state index contributed by atoms with van der Waals surface area (Å²) in [4.78, 5) is 0.931. The van der Waals surface area contributed by atoms with Gasteiger partial charge in [0.1, 0.15) is 11.5 Å². The molecular formula is C29H42N2O2S. The van der Waals surface area contributed by atoms with Crippen LogP contribution in [0.5, 0.6) is 11.5 Å². The van der Waals surface area contributed by atoms with Crippen molar-refractivity contribution in [3.8, 4) is 11.5 Å². The Labute approximate surface area is 211 Å². The van der Waals surface area contributed by atoms with E-state index >= 15 is 0 Å². The SMILES string of the molecule is C=C(C)c1cc(CC)c(O)cc1O.CNC(=S)C(C)C.Cc1ccc2c(c1)c(C(C)C)cn2C. The topological polar surface area (TPSA) is 57.4 Å². The molecule has 0 aliphatic carbocycles. The van der Waals surface area contributed by atoms with Crippen molar-refractivity contribution >= 4 is 33.7 Å². The zero-order valence-electron chi connectivity index (χ0n) is 22.3. The molecule has 0 unspecified atom stereocenters. The summed E-state index contributed by atoms with van der Waals surface area (Å²) in [5.41, 5.74) is 6.45. The maximum atomic E-state index is 9.46. The average molecular weight is 483 g/mol. The molecule has 3 aromatic rings. The maximum Gasteiger partial charge on any atom is 0.126 e. The Morgan fingerprint density at radius 2 is 1.71 bits per heavy atom. The molecule has 0 atom stereocenters. The van der Waals surface area contributed by atoms with E-state index in [0.717, 1.165) is 22.5 Å². The van der Waals surface area contributed by atoms with Gasteiger partial charge in [0, 0.05) is 48.7 Å². The van der Waals surface area contributed by atoms with Crippen molar-refractivity contribution in [2.45, 2.75) is 60.8 Å². The number of aryl methyl sites for hydroxylation is 3. The lowest BCUT2D eigenvalue weighted by atomic mass is 10.0. The van der Waals surface area contributed by atoms with Gasteiger partial charge in [-0.25, -0.2) is 0 Å². The van der Waals surface area contributed by atoms with Crippen molar-refractivity contribution < 1.29 is 10.2 Å². The molecule has 34 heavy (non-hydrogen) atoms. The predicted octanol–water partition coefficient (Wildman–Crippen LogP) is 7.49. The van der Waals surface area contributed by atoms with Crippen LogP contribution in [0.25, 0.3) is 16.5 Å². The first kappa shape index (κ1) is 29.2. The second-order valence-corrected chi connectivity index (χ2v) is 9.71. The lowest BCUT2D eigenvalue weighted by molar-refractivity contribution is 0.445. The van der Waals surface area contributed by atoms with Gasteiger partial charge < -0.3 is 20.1 Å². The second-order valence-electron chi connectivity index (χ2n) is 9.27. The highest BCUT2D eigenvalue weighted by atomic mass is 32.1. The normalized spacial score (nSPS) is 10.4. The Bertz CT molecular complexity index is 1130. The number of rotatable bonds is 4. The van der Waals surface area contributed by atoms with E-state index in [1.54, 1.807) is 6.07 Å². The second kappa shape index (κ2) is 13.2. The molecule has 0 aliphatic heterocycles. The van der Waals surface area contributed by atoms with Crippen LogP contribution in [0.4, 0.5) is 0 Å². The van der Waals surface area contributed by atoms with Crippen LogP contribution in [0.15, 0.2) is 43.1 Å². The van der Waals surface area contributed by atoms with Gasteiger partial charge >= 0.3 is 0 Å². The summed E-state index contributed by atoms with van der Waals surface area (Å²) in [5, 5.41) is 23.2. The van der Waals surface area contributed by atoms with Crippen molar-refractivity contribution in [3.63, 3.8) is 0 Å². The van der Waals surface area contributed by atoms with Crippen LogP contribution in [-0.2, 0) is 13.5 Å². The van der Waals surface area contributed by atoms with E-state index in [1.165, 1.54) is 28.1 Å². The van der Waals surface area contributed by atoms with Crippen molar-refractivity contribution in [2.24, 2.45) is 13.0 Å². The highest BCUT2D eigenvalue weighted by Gasteiger charge is 2.09. The smallest absolute Gasteiger partial charge is 0.126 e. The Kier molecular flexibility index (Phi) is 11.3. The predicted molar refractivity (Wildman–Crippen MR) is 152 cm³/mol. The van der Waals surface area contributed by atoms with E-state index in [4.69, 9.17) is 12.2 Å². The number of hydrogen-bond donors (Lipinski definition) is 3. The van der Waals surface area contributed by atoms with Crippen LogP contribution >= 0.6 is 12.2 Å². The Hall–Kier alpha value is -2.79. The van der Waals surface area contributed by atoms with Gasteiger partial charge in [0.15, 0.2) is 0 Å². The highest BCUT2D eigenvalue weighted by molar-refractivity contribution is 7.80. The number of benzene rings is 2. The molecule has 0 radical (unpaired) electrons. The van der Waals surface area contributed by atoms with Crippen LogP contribution in [0.1, 0.15) is 69.7 Å². The van der Waals surface area contributed by atoms with Gasteiger partial charge in [0.2, 0.25) is 0 Å². The summed E-state index contributed by atoms with van der Waals surface area (Å²) in [6.07, 6.45) is 2.99. The fourth-order valence-corrected chi connectivity index (χ4v) is 3.53. The summed E-state index contributed by atoms with van der Waals surface area (Å²) in [5.74, 6) is 1.31. The van der Waals surface area contributed by atoms with E-state index in [0.29, 0.717) is 17.4 Å². The molecule has 1 aromatic heterocycles. The first-order valence-electron chi connectivity index (χ1n) is 11.8. The number of nitrogens with one attached hydrogen (secondary N) is 1. The van der Waals surface area contributed by atoms with Crippen molar-refractivity contribution in [2.75, 3.05) is 7.05 Å². The number of allylic oxidation sites excluding steroid dienone is 1. The van der Waals surface area contributed by atoms with Crippen LogP contribution < -0.4 is 5.32 Å². The number of nitrogens with zero attached hydrogens (tertiary/aromatic N) is 1. The van der Waals surface area contributed by atoms with Crippen LogP contribution in [0.2, 0.25) is 0 Å². The van der Waals surface area contributed by atoms with Gasteiger partial charge in [-0.05, 0) is 61.1 Å². The minimum absolute atomic E-state index is 0.0854. The van der Waals surface area contributed by atoms with Crippen LogP contribution in [-0.4, -0.2) is 26.8 Å². The largest absolute Gasteiger partial charge is 0.508 e. The molecule has 0 spiro atoms. The van der Waals surface area contributed by atoms with E-state index in [-0.39, 0.29) is 11.5 Å². The van der Waals surface area contributed by atoms with Crippen LogP contribution in [0, 0.1) is 12.8 Å². The first-order chi connectivity index (χ1) is 15.8. The zero-order valence-corrected chi connectivity index (χ0v) is 23.1. The summed E-state index contributed by atoms with van der Waals surface area (Å²) in [6, 6.07) is 9.80. The molecule has 4 nitrogen and oxygen atoms in total. The van der Waals surface area contributed by atoms with Gasteiger partial charge in [-0.15, -0.1) is 0 Å². The summed E-state index contributed by atoms with van der Waals surface area (Å²) >= 11 is 4.87. The Balaban J connectivity index is 0.000000271. The van der Waals surface area contributed by atoms with Crippen molar-refractivity contribution in [1.29, 1.82) is 0 Å². The molecule has 3 N–H and O–H groups in total. The maximum absolute atomic E-state index is 9.46. The molecular weight excluding hydrogens is 440 g/mol. The molecule has 186 valence electrons. The number of thiocarbonyl (C=S) groups is 1. The minimum atomic E-state index is 0.0854. The molecule has 0 amide bonds. The molecule has 0 bridgehead atoms. The van der Waals surface area contributed by atoms with E-state index in [1.807, 2.05) is 20.9 Å². The number of aromatic nitrogens is 1. The van der Waals surface area contributed by atoms with Crippen molar-refractivity contribution in [1.82, 2.24) is 9.88 Å². The van der Waals surface area contributed by atoms with E-state index in [9.17, 15) is 10.2 Å². The zero-order chi connectivity index (χ0) is 26.2. The number of fused-ring (bicyclic) bond motifs is 1. The Morgan fingerprint density at radius 1 is 1.09 bits per heavy atom. The lowest BCUT2D eigenvalue weighted by Gasteiger charge is -2.08. The monoisotopic (exact) mass is 482 g/mol. The molecule has 0 aliphatic rings. The molecule has 0 saturated heterocycles. The number of aromatic hydroxyl groups is 2. The molecule has 2 aromatic carbocycles. The number of phenolic OH excluding ortho intramolecular Hbond substituents is 2. The summed E-state index contributed by atoms with van der Waals surface area (Å²) in [6.45, 7) is 18.3. The standard InChI is InChI=1S/C13H17N.C11H14O2.C5H11NS/c1-9(2)12-8-14(4)13-6-5-10(3)7-11(12)13;1-4-8-5-9(7(2)3)11(13)6-10(8)12;1-4(2)5(7)6-3/h5-9H,1-4H3;5-6,12-13H,2,4H2,1,3H3;4H,1-3H3,(H,6,7). The van der Waals surface area contributed by atoms with Gasteiger partial charge in [0.25, 0.3) is 0 Å². The van der Waals surface area contributed by atoms with E-state index in [2.05, 4.69) is 82.5 Å². The Morgan fingerprint density at radius 3 is 2.15 bits per heavy atom. The summed E-state index contributed by atoms with van der Waals surface area (Å²) < 4.78 is 2.21. The number of phenols is 2. The molecule has 3 rings (SSSR count). The summed E-state index contributed by atoms with van der Waals surface area (Å²) in [7, 11) is 3.96. The van der Waals surface area contributed by atoms with E-state index < -0.39 is 0 Å². The average Bonchev–Trinajstić information content (AvgIpc) is 3.09. The quantitative estimate of drug-likeness (QED) is 0.337. The third-order valence-corrected chi connectivity index (χ3v) is 6.28. The third-order valence-electron chi connectivity index (χ3n) is 5.61. The highest BCUT2D eigenvalue weighted by Crippen LogP contribution is 2.31. The van der Waals surface area contributed by atoms with Gasteiger partial charge in [-0.2, -0.15) is 0 Å². The molecule has 0 saturated carbocycles. The fourth-order valence-electron chi connectivity index (χ4n) is 3.53. The third kappa shape index (κ3) is 7.91. The molecule has 0 fully saturated rings. The first-order valence-corrected chi connectivity index (χ1v) is 12.2. The van der Waals surface area contributed by atoms with Gasteiger partial charge in [-0.3, -0.25) is 0 Å². The van der Waals surface area contributed by atoms with Gasteiger partial charge in [-0.1, -0.05) is 65.0 Å². The number of hydrogen-bond acceptors (Lipinski definition) is 3. The van der Waals surface area contributed by atoms with Crippen molar-refractivity contribution in [3.05, 3.63) is 65.4 Å².